The number of aliphatic hydroxyl groups is 3. The standard InChI is InChI=1S/2C10H16N5O13P3/c11-8-5-9(13-2-12-8)15(3-14-5)10-7(17)6(16)4(26-10)1-25-30(21,22)28-31(23,24)27-29(18,19)20;11-10-13-8-7(9(17)14-10)12-3-15(8)6-1-4(16)5(26-6)2-25-30(21,22)28-31(23,24)27-29(18,19)20/h2-4,6-7,10,16-17H,1H2,(H,21,22)(H,23,24)(H2,11,12,13)(H2,18,19,20);3-6,16H,1-2H2,(H,21,22)(H,23,24)(H2,18,19,20)(H3,11,13,14,17)/t4-,6-,7-,10-;4-,5+,6+/m10/s1. The molecule has 348 valence electrons. The van der Waals surface area contributed by atoms with Crippen molar-refractivity contribution in [3.05, 3.63) is 29.3 Å². The number of nitrogens with two attached hydrogens (primary N) is 2. The SMILES string of the molecule is Nc1nc2c(ncn2[C@H]2C[C@H](O)[C@@H](COP(=O)(O)OP(=O)(O)OP(=O)(O)O)O2)c(=O)[nH]1.Nc1ncnc2c1ncn2[C@@H]1O[C@H](COP(=O)(O)OP(=O)(O)OP(=O)(O)O)[C@@H](O)[C@H]1O. The molecule has 0 saturated carbocycles. The number of aromatic nitrogens is 8. The second-order valence-corrected chi connectivity index (χ2v) is 21.0. The van der Waals surface area contributed by atoms with Crippen LogP contribution < -0.4 is 17.0 Å². The molecular formula is C20H32N10O26P6. The highest BCUT2D eigenvalue weighted by molar-refractivity contribution is 7.67. The number of nitrogens with one attached hydrogen (secondary N) is 1. The van der Waals surface area contributed by atoms with Crippen LogP contribution in [-0.4, -0.2) is 137 Å². The first kappa shape index (κ1) is 50.1. The van der Waals surface area contributed by atoms with Gasteiger partial charge in [-0.3, -0.25) is 28.0 Å². The van der Waals surface area contributed by atoms with Gasteiger partial charge in [0.15, 0.2) is 28.9 Å². The number of hydrogen-bond donors (Lipinski definition) is 14. The van der Waals surface area contributed by atoms with Crippen LogP contribution in [0.15, 0.2) is 23.8 Å². The summed E-state index contributed by atoms with van der Waals surface area (Å²) in [7, 11) is -33.3. The van der Waals surface area contributed by atoms with Crippen LogP contribution in [-0.2, 0) is 63.2 Å². The zero-order chi connectivity index (χ0) is 46.4. The van der Waals surface area contributed by atoms with Crippen LogP contribution in [0, 0.1) is 0 Å². The van der Waals surface area contributed by atoms with Crippen LogP contribution in [0.3, 0.4) is 0 Å². The highest BCUT2D eigenvalue weighted by Gasteiger charge is 2.47. The Hall–Kier alpha value is -2.88. The van der Waals surface area contributed by atoms with Crippen LogP contribution in [0.5, 0.6) is 0 Å². The van der Waals surface area contributed by atoms with Crippen molar-refractivity contribution in [1.82, 2.24) is 39.0 Å². The lowest BCUT2D eigenvalue weighted by Gasteiger charge is -2.19. The molecule has 6 rings (SSSR count). The molecule has 0 bridgehead atoms. The van der Waals surface area contributed by atoms with E-state index in [1.165, 1.54) is 21.8 Å². The molecule has 2 fully saturated rings. The maximum absolute atomic E-state index is 11.8. The molecule has 4 unspecified atom stereocenters. The number of nitrogens with zero attached hydrogens (tertiary/aromatic N) is 7. The Balaban J connectivity index is 0.000000234. The summed E-state index contributed by atoms with van der Waals surface area (Å²) < 4.78 is 104. The highest BCUT2D eigenvalue weighted by atomic mass is 31.3. The van der Waals surface area contributed by atoms with Crippen molar-refractivity contribution in [3.8, 4) is 0 Å². The number of H-pyrrole nitrogens is 1. The lowest BCUT2D eigenvalue weighted by Crippen LogP contribution is -2.33. The summed E-state index contributed by atoms with van der Waals surface area (Å²) >= 11 is 0. The molecular weight excluding hydrogens is 982 g/mol. The third kappa shape index (κ3) is 13.1. The van der Waals surface area contributed by atoms with Crippen molar-refractivity contribution in [2.75, 3.05) is 24.7 Å². The predicted octanol–water partition coefficient (Wildman–Crippen LogP) is -2.94. The van der Waals surface area contributed by atoms with E-state index in [2.05, 4.69) is 56.2 Å². The summed E-state index contributed by atoms with van der Waals surface area (Å²) in [5, 5.41) is 30.5. The summed E-state index contributed by atoms with van der Waals surface area (Å²) in [6, 6.07) is 0. The Morgan fingerprint density at radius 3 is 1.77 bits per heavy atom. The van der Waals surface area contributed by atoms with Gasteiger partial charge in [-0.15, -0.1) is 0 Å². The maximum Gasteiger partial charge on any atom is 0.490 e. The number of rotatable bonds is 16. The number of phosphoric ester groups is 2. The molecule has 36 nitrogen and oxygen atoms in total. The van der Waals surface area contributed by atoms with Gasteiger partial charge in [-0.25, -0.2) is 47.3 Å². The van der Waals surface area contributed by atoms with Crippen LogP contribution in [0.1, 0.15) is 18.9 Å². The fourth-order valence-electron chi connectivity index (χ4n) is 5.28. The number of nitrogen functional groups attached to an aromatic ring is 2. The zero-order valence-corrected chi connectivity index (χ0v) is 35.3. The summed E-state index contributed by atoms with van der Waals surface area (Å²) in [6.07, 6.45) is -6.05. The minimum atomic E-state index is -5.70. The molecule has 16 N–H and O–H groups in total. The lowest BCUT2D eigenvalue weighted by molar-refractivity contribution is -0.0503. The van der Waals surface area contributed by atoms with Gasteiger partial charge in [0.25, 0.3) is 5.56 Å². The molecule has 6 heterocycles. The first-order chi connectivity index (χ1) is 28.3. The minimum Gasteiger partial charge on any atom is -0.390 e. The normalized spacial score (nSPS) is 27.2. The van der Waals surface area contributed by atoms with E-state index >= 15 is 0 Å². The number of fused-ring (bicyclic) bond motifs is 2. The van der Waals surface area contributed by atoms with Gasteiger partial charge in [-0.05, 0) is 0 Å². The maximum atomic E-state index is 11.8. The predicted molar refractivity (Wildman–Crippen MR) is 192 cm³/mol. The third-order valence-electron chi connectivity index (χ3n) is 7.60. The zero-order valence-electron chi connectivity index (χ0n) is 29.9. The lowest BCUT2D eigenvalue weighted by atomic mass is 10.1. The fraction of sp³-hybridized carbons (Fsp3) is 0.500. The quantitative estimate of drug-likeness (QED) is 0.0499. The topological polar surface area (TPSA) is 558 Å². The van der Waals surface area contributed by atoms with Crippen molar-refractivity contribution in [3.63, 3.8) is 0 Å². The van der Waals surface area contributed by atoms with E-state index in [1.807, 2.05) is 0 Å². The highest BCUT2D eigenvalue weighted by Crippen LogP contribution is 2.67. The molecule has 0 radical (unpaired) electrons. The Bertz CT molecular complexity index is 2630. The summed E-state index contributed by atoms with van der Waals surface area (Å²) in [6.45, 7) is -1.80. The molecule has 62 heavy (non-hydrogen) atoms. The molecule has 2 aliphatic rings. The van der Waals surface area contributed by atoms with E-state index in [-0.39, 0.29) is 40.5 Å². The number of aliphatic hydroxyl groups excluding tert-OH is 3. The summed E-state index contributed by atoms with van der Waals surface area (Å²) in [5.41, 5.74) is 10.9. The monoisotopic (exact) mass is 1010 g/mol. The first-order valence-corrected chi connectivity index (χ1v) is 25.0. The van der Waals surface area contributed by atoms with Crippen molar-refractivity contribution in [2.45, 2.75) is 49.4 Å². The first-order valence-electron chi connectivity index (χ1n) is 15.9. The largest absolute Gasteiger partial charge is 0.490 e. The van der Waals surface area contributed by atoms with Crippen molar-refractivity contribution < 1.29 is 118 Å². The van der Waals surface area contributed by atoms with Crippen molar-refractivity contribution in [2.24, 2.45) is 0 Å². The molecule has 11 atom stereocenters. The van der Waals surface area contributed by atoms with E-state index in [4.69, 9.17) is 50.3 Å². The fourth-order valence-corrected chi connectivity index (χ4v) is 11.3. The van der Waals surface area contributed by atoms with Gasteiger partial charge in [-0.2, -0.15) is 22.2 Å². The Labute approximate surface area is 340 Å². The van der Waals surface area contributed by atoms with E-state index in [0.717, 1.165) is 6.33 Å². The van der Waals surface area contributed by atoms with Gasteiger partial charge in [0.2, 0.25) is 5.95 Å². The van der Waals surface area contributed by atoms with Gasteiger partial charge in [0.1, 0.15) is 42.5 Å². The average Bonchev–Trinajstić information content (AvgIpc) is 3.86. The van der Waals surface area contributed by atoms with Crippen molar-refractivity contribution in [1.29, 1.82) is 0 Å². The van der Waals surface area contributed by atoms with Crippen LogP contribution in [0.2, 0.25) is 0 Å². The molecule has 0 aliphatic carbocycles. The summed E-state index contributed by atoms with van der Waals surface area (Å²) in [4.78, 5) is 105. The Morgan fingerprint density at radius 1 is 0.677 bits per heavy atom. The number of imidazole rings is 2. The molecule has 0 amide bonds. The van der Waals surface area contributed by atoms with E-state index in [1.54, 1.807) is 0 Å². The van der Waals surface area contributed by atoms with Gasteiger partial charge >= 0.3 is 46.9 Å². The van der Waals surface area contributed by atoms with Gasteiger partial charge < -0.3 is 75.4 Å². The van der Waals surface area contributed by atoms with Crippen molar-refractivity contribution >= 4 is 81.0 Å². The molecule has 0 spiro atoms. The number of hydrogen-bond acceptors (Lipinski definition) is 25. The van der Waals surface area contributed by atoms with Gasteiger partial charge in [0.05, 0.1) is 32.0 Å². The third-order valence-corrected chi connectivity index (χ3v) is 15.2. The molecule has 4 aromatic rings. The second kappa shape index (κ2) is 18.5. The number of ether oxygens (including phenoxy) is 2. The number of anilines is 2. The molecule has 2 saturated heterocycles. The van der Waals surface area contributed by atoms with Gasteiger partial charge in [-0.1, -0.05) is 0 Å². The number of phosphoric acid groups is 6. The molecule has 0 aromatic carbocycles. The van der Waals surface area contributed by atoms with Gasteiger partial charge in [0, 0.05) is 6.42 Å². The van der Waals surface area contributed by atoms with Crippen LogP contribution in [0.4, 0.5) is 11.8 Å². The van der Waals surface area contributed by atoms with E-state index in [0.29, 0.717) is 0 Å². The second-order valence-electron chi connectivity index (χ2n) is 12.1. The minimum absolute atomic E-state index is 0.0426. The van der Waals surface area contributed by atoms with Crippen LogP contribution >= 0.6 is 46.9 Å². The number of aromatic amines is 1. The Morgan fingerprint density at radius 2 is 1.21 bits per heavy atom. The van der Waals surface area contributed by atoms with E-state index < -0.39 is 109 Å². The smallest absolute Gasteiger partial charge is 0.390 e. The Kier molecular flexibility index (Phi) is 15.0. The van der Waals surface area contributed by atoms with E-state index in [9.17, 15) is 57.3 Å². The molecule has 42 heteroatoms. The molecule has 4 aromatic heterocycles. The average molecular weight is 1010 g/mol. The summed E-state index contributed by atoms with van der Waals surface area (Å²) in [5.74, 6) is -0.150. The molecule has 2 aliphatic heterocycles. The van der Waals surface area contributed by atoms with Crippen LogP contribution in [0.25, 0.3) is 22.3 Å².